The van der Waals surface area contributed by atoms with Crippen LogP contribution in [0.2, 0.25) is 0 Å². The second-order valence-corrected chi connectivity index (χ2v) is 5.21. The van der Waals surface area contributed by atoms with Crippen LogP contribution in [0.3, 0.4) is 0 Å². The predicted molar refractivity (Wildman–Crippen MR) is 78.4 cm³/mol. The van der Waals surface area contributed by atoms with Crippen LogP contribution in [-0.4, -0.2) is 30.8 Å². The van der Waals surface area contributed by atoms with Gasteiger partial charge in [0, 0.05) is 18.0 Å². The number of amides is 1. The number of benzene rings is 1. The van der Waals surface area contributed by atoms with Crippen LogP contribution in [-0.2, 0) is 4.79 Å². The number of hydrogen-bond donors (Lipinski definition) is 2. The number of hydrogen-bond acceptors (Lipinski definition) is 3. The van der Waals surface area contributed by atoms with Crippen LogP contribution in [0.5, 0.6) is 5.75 Å². The number of ether oxygens (including phenoxy) is 1. The smallest absolute Gasteiger partial charge is 0.244 e. The summed E-state index contributed by atoms with van der Waals surface area (Å²) in [5.41, 5.74) is 0.898. The van der Waals surface area contributed by atoms with Crippen molar-refractivity contribution in [1.29, 1.82) is 0 Å². The molecule has 1 saturated carbocycles. The molecule has 2 rings (SSSR count). The van der Waals surface area contributed by atoms with Gasteiger partial charge in [-0.1, -0.05) is 12.1 Å². The topological polar surface area (TPSA) is 58.6 Å². The van der Waals surface area contributed by atoms with Gasteiger partial charge in [-0.05, 0) is 43.5 Å². The molecule has 1 aliphatic carbocycles. The highest BCUT2D eigenvalue weighted by atomic mass is 16.5. The Morgan fingerprint density at radius 1 is 1.40 bits per heavy atom. The van der Waals surface area contributed by atoms with Gasteiger partial charge in [-0.25, -0.2) is 0 Å². The normalized spacial score (nSPS) is 16.1. The minimum Gasteiger partial charge on any atom is -0.494 e. The third-order valence-electron chi connectivity index (χ3n) is 3.55. The Labute approximate surface area is 119 Å². The van der Waals surface area contributed by atoms with Crippen molar-refractivity contribution < 1.29 is 14.6 Å². The first-order valence-corrected chi connectivity index (χ1v) is 6.97. The largest absolute Gasteiger partial charge is 0.494 e. The van der Waals surface area contributed by atoms with Gasteiger partial charge < -0.3 is 15.2 Å². The highest BCUT2D eigenvalue weighted by molar-refractivity contribution is 5.91. The lowest BCUT2D eigenvalue weighted by atomic mass is 10.1. The van der Waals surface area contributed by atoms with Crippen LogP contribution in [0.25, 0.3) is 6.08 Å². The van der Waals surface area contributed by atoms with Gasteiger partial charge >= 0.3 is 0 Å². The average molecular weight is 275 g/mol. The number of nitrogens with one attached hydrogen (secondary N) is 1. The number of aliphatic hydroxyl groups is 1. The van der Waals surface area contributed by atoms with E-state index in [0.29, 0.717) is 13.2 Å². The standard InChI is InChI=1S/C16H21NO3/c1-2-20-14-6-3-13(4-7-14)5-8-15(19)17-11-16(12-18)9-10-16/h3-8,18H,2,9-12H2,1H3,(H,17,19)/b8-5+. The van der Waals surface area contributed by atoms with Crippen molar-refractivity contribution in [3.8, 4) is 5.75 Å². The molecule has 2 N–H and O–H groups in total. The molecule has 4 nitrogen and oxygen atoms in total. The van der Waals surface area contributed by atoms with E-state index in [1.807, 2.05) is 31.2 Å². The van der Waals surface area contributed by atoms with Gasteiger partial charge in [0.2, 0.25) is 5.91 Å². The summed E-state index contributed by atoms with van der Waals surface area (Å²) >= 11 is 0. The van der Waals surface area contributed by atoms with Gasteiger partial charge in [0.1, 0.15) is 5.75 Å². The van der Waals surface area contributed by atoms with Crippen molar-refractivity contribution in [2.45, 2.75) is 19.8 Å². The summed E-state index contributed by atoms with van der Waals surface area (Å²) in [6.07, 6.45) is 5.27. The van der Waals surface area contributed by atoms with Crippen LogP contribution in [0.4, 0.5) is 0 Å². The van der Waals surface area contributed by atoms with E-state index >= 15 is 0 Å². The molecule has 0 atom stereocenters. The number of carbonyl (C=O) groups excluding carboxylic acids is 1. The minimum absolute atomic E-state index is 0.0529. The molecule has 0 bridgehead atoms. The van der Waals surface area contributed by atoms with Gasteiger partial charge in [-0.3, -0.25) is 4.79 Å². The molecule has 1 aromatic carbocycles. The predicted octanol–water partition coefficient (Wildman–Crippen LogP) is 1.99. The van der Waals surface area contributed by atoms with Gasteiger partial charge in [0.15, 0.2) is 0 Å². The zero-order chi connectivity index (χ0) is 14.4. The molecule has 0 aromatic heterocycles. The highest BCUT2D eigenvalue weighted by Gasteiger charge is 2.41. The Hall–Kier alpha value is -1.81. The second-order valence-electron chi connectivity index (χ2n) is 5.21. The number of carbonyl (C=O) groups is 1. The molecule has 1 amide bonds. The summed E-state index contributed by atoms with van der Waals surface area (Å²) in [5.74, 6) is 0.700. The van der Waals surface area contributed by atoms with Crippen molar-refractivity contribution in [3.05, 3.63) is 35.9 Å². The fraction of sp³-hybridized carbons (Fsp3) is 0.438. The molecule has 1 aliphatic rings. The van der Waals surface area contributed by atoms with Gasteiger partial charge in [-0.2, -0.15) is 0 Å². The molecular formula is C16H21NO3. The second kappa shape index (κ2) is 6.57. The summed E-state index contributed by atoms with van der Waals surface area (Å²) in [5, 5.41) is 12.0. The molecular weight excluding hydrogens is 254 g/mol. The molecule has 0 saturated heterocycles. The maximum absolute atomic E-state index is 11.7. The van der Waals surface area contributed by atoms with Crippen molar-refractivity contribution >= 4 is 12.0 Å². The molecule has 1 aromatic rings. The molecule has 4 heteroatoms. The van der Waals surface area contributed by atoms with Crippen LogP contribution in [0.15, 0.2) is 30.3 Å². The molecule has 0 unspecified atom stereocenters. The van der Waals surface area contributed by atoms with Crippen LogP contribution in [0.1, 0.15) is 25.3 Å². The summed E-state index contributed by atoms with van der Waals surface area (Å²) in [6.45, 7) is 3.28. The molecule has 0 aliphatic heterocycles. The first-order valence-electron chi connectivity index (χ1n) is 6.97. The van der Waals surface area contributed by atoms with E-state index in [1.54, 1.807) is 6.08 Å². The van der Waals surface area contributed by atoms with E-state index in [1.165, 1.54) is 6.08 Å². The lowest BCUT2D eigenvalue weighted by molar-refractivity contribution is -0.116. The Kier molecular flexibility index (Phi) is 4.79. The molecule has 20 heavy (non-hydrogen) atoms. The summed E-state index contributed by atoms with van der Waals surface area (Å²) in [6, 6.07) is 7.58. The molecule has 0 radical (unpaired) electrons. The van der Waals surface area contributed by atoms with E-state index < -0.39 is 0 Å². The summed E-state index contributed by atoms with van der Waals surface area (Å²) < 4.78 is 5.35. The van der Waals surface area contributed by atoms with Crippen molar-refractivity contribution in [2.75, 3.05) is 19.8 Å². The van der Waals surface area contributed by atoms with Gasteiger partial charge in [0.25, 0.3) is 0 Å². The lowest BCUT2D eigenvalue weighted by Gasteiger charge is -2.11. The van der Waals surface area contributed by atoms with E-state index in [-0.39, 0.29) is 17.9 Å². The SMILES string of the molecule is CCOc1ccc(/C=C/C(=O)NCC2(CO)CC2)cc1. The van der Waals surface area contributed by atoms with Crippen LogP contribution in [0, 0.1) is 5.41 Å². The maximum atomic E-state index is 11.7. The van der Waals surface area contributed by atoms with Crippen molar-refractivity contribution in [1.82, 2.24) is 5.32 Å². The Balaban J connectivity index is 1.80. The monoisotopic (exact) mass is 275 g/mol. The summed E-state index contributed by atoms with van der Waals surface area (Å²) in [7, 11) is 0. The third kappa shape index (κ3) is 4.10. The fourth-order valence-electron chi connectivity index (χ4n) is 1.91. The minimum atomic E-state index is -0.126. The van der Waals surface area contributed by atoms with E-state index in [4.69, 9.17) is 9.84 Å². The van der Waals surface area contributed by atoms with Crippen LogP contribution < -0.4 is 10.1 Å². The maximum Gasteiger partial charge on any atom is 0.244 e. The Bertz CT molecular complexity index is 475. The van der Waals surface area contributed by atoms with E-state index in [2.05, 4.69) is 5.32 Å². The molecule has 0 spiro atoms. The molecule has 108 valence electrons. The fourth-order valence-corrected chi connectivity index (χ4v) is 1.91. The zero-order valence-electron chi connectivity index (χ0n) is 11.8. The number of aliphatic hydroxyl groups excluding tert-OH is 1. The zero-order valence-corrected chi connectivity index (χ0v) is 11.8. The lowest BCUT2D eigenvalue weighted by Crippen LogP contribution is -2.30. The van der Waals surface area contributed by atoms with Crippen molar-refractivity contribution in [3.63, 3.8) is 0 Å². The first kappa shape index (κ1) is 14.6. The van der Waals surface area contributed by atoms with Gasteiger partial charge in [-0.15, -0.1) is 0 Å². The summed E-state index contributed by atoms with van der Waals surface area (Å²) in [4.78, 5) is 11.7. The molecule has 1 fully saturated rings. The highest BCUT2D eigenvalue weighted by Crippen LogP contribution is 2.44. The van der Waals surface area contributed by atoms with Crippen molar-refractivity contribution in [2.24, 2.45) is 5.41 Å². The first-order chi connectivity index (χ1) is 9.67. The molecule has 0 heterocycles. The Morgan fingerprint density at radius 3 is 2.65 bits per heavy atom. The Morgan fingerprint density at radius 2 is 2.10 bits per heavy atom. The third-order valence-corrected chi connectivity index (χ3v) is 3.55. The number of rotatable bonds is 7. The van der Waals surface area contributed by atoms with Crippen LogP contribution >= 0.6 is 0 Å². The van der Waals surface area contributed by atoms with E-state index in [0.717, 1.165) is 24.2 Å². The quantitative estimate of drug-likeness (QED) is 0.748. The van der Waals surface area contributed by atoms with E-state index in [9.17, 15) is 4.79 Å². The average Bonchev–Trinajstić information content (AvgIpc) is 3.25. The van der Waals surface area contributed by atoms with Gasteiger partial charge in [0.05, 0.1) is 13.2 Å².